The van der Waals surface area contributed by atoms with E-state index in [1.165, 1.54) is 15.9 Å². The summed E-state index contributed by atoms with van der Waals surface area (Å²) in [5.74, 6) is -0.636. The van der Waals surface area contributed by atoms with Crippen LogP contribution in [-0.2, 0) is 18.0 Å². The number of fused-ring (bicyclic) bond motifs is 1. The molecule has 1 aromatic heterocycles. The van der Waals surface area contributed by atoms with E-state index in [2.05, 4.69) is 5.10 Å². The second-order valence-electron chi connectivity index (χ2n) is 5.53. The van der Waals surface area contributed by atoms with E-state index in [0.29, 0.717) is 13.2 Å². The summed E-state index contributed by atoms with van der Waals surface area (Å²) in [6.07, 6.45) is 1.42. The maximum absolute atomic E-state index is 12.6. The van der Waals surface area contributed by atoms with Gasteiger partial charge in [-0.1, -0.05) is 42.5 Å². The molecule has 6 nitrogen and oxygen atoms in total. The third-order valence-electron chi connectivity index (χ3n) is 3.95. The Balaban J connectivity index is 1.61. The molecule has 0 fully saturated rings. The molecule has 1 amide bonds. The predicted octanol–water partition coefficient (Wildman–Crippen LogP) is 2.67. The Bertz CT molecular complexity index is 890. The fourth-order valence-electron chi connectivity index (χ4n) is 2.68. The molecule has 1 aliphatic rings. The van der Waals surface area contributed by atoms with Crippen LogP contribution in [0.3, 0.4) is 0 Å². The minimum atomic E-state index is -0.461. The number of para-hydroxylation sites is 1. The van der Waals surface area contributed by atoms with Crippen molar-refractivity contribution in [2.24, 2.45) is 0 Å². The highest BCUT2D eigenvalue weighted by atomic mass is 16.7. The first kappa shape index (κ1) is 14.5. The molecule has 0 aliphatic carbocycles. The standard InChI is InChI=1S/C18H15N3O3/c22-16-11-20(15-8-2-1-3-9-15)19-17(16)18(23)21-10-13-6-4-5-7-14(13)12-24-21/h1-9,11,22H,10,12H2. The van der Waals surface area contributed by atoms with Crippen LogP contribution >= 0.6 is 0 Å². The van der Waals surface area contributed by atoms with Crippen molar-refractivity contribution in [1.29, 1.82) is 0 Å². The minimum Gasteiger partial charge on any atom is -0.504 e. The number of carbonyl (C=O) groups excluding carboxylic acids is 1. The van der Waals surface area contributed by atoms with Crippen molar-refractivity contribution in [1.82, 2.24) is 14.8 Å². The van der Waals surface area contributed by atoms with Crippen molar-refractivity contribution in [3.8, 4) is 11.4 Å². The van der Waals surface area contributed by atoms with Crippen LogP contribution in [0.5, 0.6) is 5.75 Å². The molecule has 0 atom stereocenters. The van der Waals surface area contributed by atoms with Crippen LogP contribution in [0.15, 0.2) is 60.8 Å². The van der Waals surface area contributed by atoms with Gasteiger partial charge in [0.25, 0.3) is 0 Å². The summed E-state index contributed by atoms with van der Waals surface area (Å²) in [7, 11) is 0. The molecular formula is C18H15N3O3. The lowest BCUT2D eigenvalue weighted by Crippen LogP contribution is -2.34. The zero-order chi connectivity index (χ0) is 16.5. The molecule has 120 valence electrons. The van der Waals surface area contributed by atoms with Gasteiger partial charge in [-0.3, -0.25) is 9.63 Å². The second kappa shape index (κ2) is 5.82. The highest BCUT2D eigenvalue weighted by Gasteiger charge is 2.27. The summed E-state index contributed by atoms with van der Waals surface area (Å²) in [5, 5.41) is 15.5. The monoisotopic (exact) mass is 321 g/mol. The number of hydrogen-bond acceptors (Lipinski definition) is 4. The molecule has 0 unspecified atom stereocenters. The molecule has 24 heavy (non-hydrogen) atoms. The van der Waals surface area contributed by atoms with E-state index >= 15 is 0 Å². The first-order valence-corrected chi connectivity index (χ1v) is 7.58. The molecule has 4 rings (SSSR count). The van der Waals surface area contributed by atoms with E-state index in [4.69, 9.17) is 4.84 Å². The molecule has 1 N–H and O–H groups in total. The first-order valence-electron chi connectivity index (χ1n) is 7.58. The lowest BCUT2D eigenvalue weighted by atomic mass is 10.1. The zero-order valence-corrected chi connectivity index (χ0v) is 12.8. The highest BCUT2D eigenvalue weighted by molar-refractivity contribution is 5.94. The van der Waals surface area contributed by atoms with Gasteiger partial charge in [0.05, 0.1) is 18.4 Å². The quantitative estimate of drug-likeness (QED) is 0.788. The number of nitrogens with zero attached hydrogens (tertiary/aromatic N) is 3. The summed E-state index contributed by atoms with van der Waals surface area (Å²) in [6.45, 7) is 0.648. The van der Waals surface area contributed by atoms with Crippen LogP contribution in [0.1, 0.15) is 21.6 Å². The van der Waals surface area contributed by atoms with Gasteiger partial charge in [-0.15, -0.1) is 0 Å². The molecule has 2 aromatic carbocycles. The lowest BCUT2D eigenvalue weighted by molar-refractivity contribution is -0.150. The van der Waals surface area contributed by atoms with E-state index in [9.17, 15) is 9.90 Å². The number of rotatable bonds is 2. The number of amides is 1. The van der Waals surface area contributed by atoms with E-state index in [1.54, 1.807) is 0 Å². The Hall–Kier alpha value is -3.12. The van der Waals surface area contributed by atoms with E-state index in [0.717, 1.165) is 16.8 Å². The Morgan fingerprint density at radius 1 is 1.04 bits per heavy atom. The Morgan fingerprint density at radius 2 is 1.75 bits per heavy atom. The van der Waals surface area contributed by atoms with Gasteiger partial charge in [-0.05, 0) is 23.3 Å². The summed E-state index contributed by atoms with van der Waals surface area (Å²) in [5.41, 5.74) is 2.81. The fraction of sp³-hybridized carbons (Fsp3) is 0.111. The number of aromatic nitrogens is 2. The minimum absolute atomic E-state index is 0.0294. The predicted molar refractivity (Wildman–Crippen MR) is 86.3 cm³/mol. The number of hydroxylamine groups is 2. The van der Waals surface area contributed by atoms with Gasteiger partial charge in [0.2, 0.25) is 0 Å². The maximum atomic E-state index is 12.6. The molecular weight excluding hydrogens is 306 g/mol. The van der Waals surface area contributed by atoms with Gasteiger partial charge >= 0.3 is 5.91 Å². The van der Waals surface area contributed by atoms with Gasteiger partial charge in [0.15, 0.2) is 11.4 Å². The Morgan fingerprint density at radius 3 is 2.54 bits per heavy atom. The van der Waals surface area contributed by atoms with E-state index in [-0.39, 0.29) is 11.4 Å². The van der Waals surface area contributed by atoms with Crippen LogP contribution in [0, 0.1) is 0 Å². The number of aromatic hydroxyl groups is 1. The van der Waals surface area contributed by atoms with Gasteiger partial charge in [-0.25, -0.2) is 9.75 Å². The molecule has 0 bridgehead atoms. The summed E-state index contributed by atoms with van der Waals surface area (Å²) in [6, 6.07) is 17.1. The van der Waals surface area contributed by atoms with Crippen molar-refractivity contribution in [3.05, 3.63) is 77.6 Å². The molecule has 0 saturated carbocycles. The van der Waals surface area contributed by atoms with Crippen molar-refractivity contribution < 1.29 is 14.7 Å². The Kier molecular flexibility index (Phi) is 3.51. The Labute approximate surface area is 138 Å². The highest BCUT2D eigenvalue weighted by Crippen LogP contribution is 2.24. The van der Waals surface area contributed by atoms with Gasteiger partial charge < -0.3 is 5.11 Å². The van der Waals surface area contributed by atoms with Crippen LogP contribution in [0.25, 0.3) is 5.69 Å². The lowest BCUT2D eigenvalue weighted by Gasteiger charge is -2.27. The van der Waals surface area contributed by atoms with Crippen LogP contribution in [-0.4, -0.2) is 25.9 Å². The summed E-state index contributed by atoms with van der Waals surface area (Å²) < 4.78 is 1.47. The average molecular weight is 321 g/mol. The van der Waals surface area contributed by atoms with Gasteiger partial charge in [-0.2, -0.15) is 5.10 Å². The van der Waals surface area contributed by atoms with Crippen LogP contribution in [0.2, 0.25) is 0 Å². The van der Waals surface area contributed by atoms with Crippen molar-refractivity contribution in [2.45, 2.75) is 13.2 Å². The number of benzene rings is 2. The van der Waals surface area contributed by atoms with Gasteiger partial charge in [0.1, 0.15) is 6.61 Å². The largest absolute Gasteiger partial charge is 0.504 e. The summed E-state index contributed by atoms with van der Waals surface area (Å²) in [4.78, 5) is 18.2. The maximum Gasteiger partial charge on any atom is 0.302 e. The molecule has 3 aromatic rings. The molecule has 1 aliphatic heterocycles. The normalized spacial score (nSPS) is 13.6. The zero-order valence-electron chi connectivity index (χ0n) is 12.8. The molecule has 2 heterocycles. The van der Waals surface area contributed by atoms with E-state index in [1.807, 2.05) is 54.6 Å². The SMILES string of the molecule is O=C(c1nn(-c2ccccc2)cc1O)N1Cc2ccccc2CO1. The van der Waals surface area contributed by atoms with E-state index < -0.39 is 5.91 Å². The third-order valence-corrected chi connectivity index (χ3v) is 3.95. The van der Waals surface area contributed by atoms with Crippen molar-refractivity contribution >= 4 is 5.91 Å². The van der Waals surface area contributed by atoms with Crippen LogP contribution in [0.4, 0.5) is 0 Å². The van der Waals surface area contributed by atoms with Crippen molar-refractivity contribution in [3.63, 3.8) is 0 Å². The second-order valence-corrected chi connectivity index (χ2v) is 5.53. The summed E-state index contributed by atoms with van der Waals surface area (Å²) >= 11 is 0. The smallest absolute Gasteiger partial charge is 0.302 e. The topological polar surface area (TPSA) is 67.6 Å². The molecule has 6 heteroatoms. The molecule has 0 spiro atoms. The van der Waals surface area contributed by atoms with Crippen molar-refractivity contribution in [2.75, 3.05) is 0 Å². The number of hydrogen-bond donors (Lipinski definition) is 1. The van der Waals surface area contributed by atoms with Gasteiger partial charge in [0, 0.05) is 0 Å². The van der Waals surface area contributed by atoms with Crippen LogP contribution < -0.4 is 0 Å². The molecule has 0 radical (unpaired) electrons. The third kappa shape index (κ3) is 2.53. The first-order chi connectivity index (χ1) is 11.7. The number of carbonyl (C=O) groups is 1. The fourth-order valence-corrected chi connectivity index (χ4v) is 2.68. The molecule has 0 saturated heterocycles. The average Bonchev–Trinajstić information content (AvgIpc) is 3.03.